The highest BCUT2D eigenvalue weighted by atomic mass is 79.9. The van der Waals surface area contributed by atoms with Crippen molar-refractivity contribution in [2.24, 2.45) is 5.41 Å². The van der Waals surface area contributed by atoms with Crippen LogP contribution >= 0.6 is 15.9 Å². The van der Waals surface area contributed by atoms with E-state index in [1.54, 1.807) is 0 Å². The largest absolute Gasteiger partial charge is 0.312 e. The number of nitrogens with one attached hydrogen (secondary N) is 1. The molecule has 0 atom stereocenters. The van der Waals surface area contributed by atoms with Gasteiger partial charge in [0, 0.05) is 16.6 Å². The molecule has 1 saturated carbocycles. The molecule has 2 rings (SSSR count). The Morgan fingerprint density at radius 3 is 2.21 bits per heavy atom. The molecular weight excluding hydrogens is 298 g/mol. The van der Waals surface area contributed by atoms with E-state index in [1.165, 1.54) is 42.1 Å². The van der Waals surface area contributed by atoms with E-state index >= 15 is 0 Å². The lowest BCUT2D eigenvalue weighted by atomic mass is 9.79. The molecular formula is C17H26BrN. The van der Waals surface area contributed by atoms with Crippen LogP contribution in [0.4, 0.5) is 0 Å². The maximum absolute atomic E-state index is 3.73. The Labute approximate surface area is 126 Å². The third-order valence-corrected chi connectivity index (χ3v) is 4.68. The van der Waals surface area contributed by atoms with Crippen LogP contribution in [0.15, 0.2) is 28.7 Å². The van der Waals surface area contributed by atoms with E-state index in [0.717, 1.165) is 6.54 Å². The third-order valence-electron chi connectivity index (χ3n) is 4.15. The van der Waals surface area contributed by atoms with Crippen molar-refractivity contribution >= 4 is 15.9 Å². The molecule has 0 saturated heterocycles. The van der Waals surface area contributed by atoms with Gasteiger partial charge >= 0.3 is 0 Å². The minimum Gasteiger partial charge on any atom is -0.312 e. The molecule has 0 amide bonds. The summed E-state index contributed by atoms with van der Waals surface area (Å²) in [6, 6.07) is 8.85. The molecule has 1 fully saturated rings. The van der Waals surface area contributed by atoms with E-state index in [1.807, 2.05) is 0 Å². The van der Waals surface area contributed by atoms with Gasteiger partial charge in [0.2, 0.25) is 0 Å². The Balaban J connectivity index is 2.05. The lowest BCUT2D eigenvalue weighted by molar-refractivity contribution is 0.245. The Hall–Kier alpha value is -0.340. The van der Waals surface area contributed by atoms with E-state index in [-0.39, 0.29) is 5.54 Å². The van der Waals surface area contributed by atoms with Gasteiger partial charge in [-0.15, -0.1) is 0 Å². The molecule has 1 N–H and O–H groups in total. The van der Waals surface area contributed by atoms with Gasteiger partial charge in [0.15, 0.2) is 0 Å². The quantitative estimate of drug-likeness (QED) is 0.827. The monoisotopic (exact) mass is 323 g/mol. The van der Waals surface area contributed by atoms with Gasteiger partial charge in [-0.3, -0.25) is 0 Å². The molecule has 19 heavy (non-hydrogen) atoms. The summed E-state index contributed by atoms with van der Waals surface area (Å²) in [5.74, 6) is 0. The summed E-state index contributed by atoms with van der Waals surface area (Å²) in [7, 11) is 0. The Kier molecular flexibility index (Phi) is 4.73. The van der Waals surface area contributed by atoms with Crippen molar-refractivity contribution in [3.63, 3.8) is 0 Å². The smallest absolute Gasteiger partial charge is 0.0175 e. The molecule has 0 radical (unpaired) electrons. The highest BCUT2D eigenvalue weighted by Gasteiger charge is 2.34. The normalized spacial score (nSPS) is 18.7. The minimum atomic E-state index is 0.218. The molecule has 1 aliphatic carbocycles. The van der Waals surface area contributed by atoms with Crippen molar-refractivity contribution in [2.45, 2.75) is 58.4 Å². The molecule has 0 bridgehead atoms. The molecule has 0 aliphatic heterocycles. The average molecular weight is 324 g/mol. The van der Waals surface area contributed by atoms with E-state index in [9.17, 15) is 0 Å². The molecule has 2 heteroatoms. The van der Waals surface area contributed by atoms with Crippen LogP contribution < -0.4 is 5.32 Å². The van der Waals surface area contributed by atoms with E-state index < -0.39 is 0 Å². The first-order valence-corrected chi connectivity index (χ1v) is 8.17. The van der Waals surface area contributed by atoms with Gasteiger partial charge in [0.05, 0.1) is 0 Å². The van der Waals surface area contributed by atoms with Crippen molar-refractivity contribution < 1.29 is 0 Å². The third kappa shape index (κ3) is 4.61. The van der Waals surface area contributed by atoms with Crippen molar-refractivity contribution in [1.29, 1.82) is 0 Å². The van der Waals surface area contributed by atoms with E-state index in [0.29, 0.717) is 5.41 Å². The molecule has 1 aliphatic rings. The number of hydrogen-bond acceptors (Lipinski definition) is 1. The predicted octanol–water partition coefficient (Wildman–Crippen LogP) is 4.94. The second-order valence-electron chi connectivity index (χ2n) is 7.11. The Morgan fingerprint density at radius 2 is 1.68 bits per heavy atom. The topological polar surface area (TPSA) is 12.0 Å². The van der Waals surface area contributed by atoms with Crippen LogP contribution in [-0.2, 0) is 6.42 Å². The Bertz CT molecular complexity index is 396. The zero-order valence-corrected chi connectivity index (χ0v) is 14.0. The first-order chi connectivity index (χ1) is 8.89. The molecule has 0 spiro atoms. The summed E-state index contributed by atoms with van der Waals surface area (Å²) in [4.78, 5) is 0. The van der Waals surface area contributed by atoms with Gasteiger partial charge < -0.3 is 5.32 Å². The van der Waals surface area contributed by atoms with E-state index in [2.05, 4.69) is 66.3 Å². The summed E-state index contributed by atoms with van der Waals surface area (Å²) >= 11 is 3.52. The fraction of sp³-hybridized carbons (Fsp3) is 0.647. The maximum Gasteiger partial charge on any atom is 0.0175 e. The standard InChI is InChI=1S/C17H26BrN/c1-16(2,3)19-13-17(10-4-5-11-17)12-14-6-8-15(18)9-7-14/h6-9,19H,4-5,10-13H2,1-3H3. The van der Waals surface area contributed by atoms with Gasteiger partial charge in [-0.05, 0) is 63.1 Å². The minimum absolute atomic E-state index is 0.218. The lowest BCUT2D eigenvalue weighted by Gasteiger charge is -2.33. The summed E-state index contributed by atoms with van der Waals surface area (Å²) < 4.78 is 1.17. The van der Waals surface area contributed by atoms with Crippen LogP contribution in [0.5, 0.6) is 0 Å². The number of rotatable bonds is 4. The fourth-order valence-corrected chi connectivity index (χ4v) is 3.29. The number of halogens is 1. The van der Waals surface area contributed by atoms with E-state index in [4.69, 9.17) is 0 Å². The average Bonchev–Trinajstić information content (AvgIpc) is 2.78. The maximum atomic E-state index is 3.73. The van der Waals surface area contributed by atoms with Gasteiger partial charge in [0.25, 0.3) is 0 Å². The second kappa shape index (κ2) is 5.97. The number of hydrogen-bond donors (Lipinski definition) is 1. The number of benzene rings is 1. The summed E-state index contributed by atoms with van der Waals surface area (Å²) in [6.45, 7) is 7.92. The lowest BCUT2D eigenvalue weighted by Crippen LogP contribution is -2.43. The molecule has 1 aromatic rings. The van der Waals surface area contributed by atoms with Crippen LogP contribution in [0.2, 0.25) is 0 Å². The first-order valence-electron chi connectivity index (χ1n) is 7.38. The van der Waals surface area contributed by atoms with Crippen LogP contribution in [0.3, 0.4) is 0 Å². The SMILES string of the molecule is CC(C)(C)NCC1(Cc2ccc(Br)cc2)CCCC1. The van der Waals surface area contributed by atoms with Gasteiger partial charge in [-0.2, -0.15) is 0 Å². The highest BCUT2D eigenvalue weighted by Crippen LogP contribution is 2.40. The molecule has 1 nitrogen and oxygen atoms in total. The molecule has 106 valence electrons. The molecule has 1 aromatic carbocycles. The zero-order chi connectivity index (χ0) is 13.9. The van der Waals surface area contributed by atoms with Gasteiger partial charge in [0.1, 0.15) is 0 Å². The summed E-state index contributed by atoms with van der Waals surface area (Å²) in [6.07, 6.45) is 6.73. The molecule has 0 heterocycles. The summed E-state index contributed by atoms with van der Waals surface area (Å²) in [5, 5.41) is 3.73. The van der Waals surface area contributed by atoms with Crippen molar-refractivity contribution in [3.05, 3.63) is 34.3 Å². The van der Waals surface area contributed by atoms with Crippen molar-refractivity contribution in [2.75, 3.05) is 6.54 Å². The van der Waals surface area contributed by atoms with Crippen molar-refractivity contribution in [1.82, 2.24) is 5.32 Å². The summed E-state index contributed by atoms with van der Waals surface area (Å²) in [5.41, 5.74) is 2.16. The van der Waals surface area contributed by atoms with Gasteiger partial charge in [-0.25, -0.2) is 0 Å². The van der Waals surface area contributed by atoms with Crippen LogP contribution in [-0.4, -0.2) is 12.1 Å². The molecule has 0 aromatic heterocycles. The predicted molar refractivity (Wildman–Crippen MR) is 86.5 cm³/mol. The fourth-order valence-electron chi connectivity index (χ4n) is 3.03. The van der Waals surface area contributed by atoms with Crippen LogP contribution in [0.1, 0.15) is 52.0 Å². The highest BCUT2D eigenvalue weighted by molar-refractivity contribution is 9.10. The Morgan fingerprint density at radius 1 is 1.11 bits per heavy atom. The second-order valence-corrected chi connectivity index (χ2v) is 8.03. The van der Waals surface area contributed by atoms with Gasteiger partial charge in [-0.1, -0.05) is 40.9 Å². The molecule has 0 unspecified atom stereocenters. The van der Waals surface area contributed by atoms with Crippen LogP contribution in [0.25, 0.3) is 0 Å². The first kappa shape index (κ1) is 15.1. The zero-order valence-electron chi connectivity index (χ0n) is 12.4. The van der Waals surface area contributed by atoms with Crippen molar-refractivity contribution in [3.8, 4) is 0 Å². The van der Waals surface area contributed by atoms with Crippen LogP contribution in [0, 0.1) is 5.41 Å².